The third kappa shape index (κ3) is 6.73. The van der Waals surface area contributed by atoms with Gasteiger partial charge in [0.1, 0.15) is 0 Å². The van der Waals surface area contributed by atoms with Crippen molar-refractivity contribution in [2.24, 2.45) is 0 Å². The second kappa shape index (κ2) is 11.4. The number of hydrogen-bond donors (Lipinski definition) is 3. The van der Waals surface area contributed by atoms with Crippen LogP contribution in [0.3, 0.4) is 0 Å². The van der Waals surface area contributed by atoms with E-state index in [1.54, 1.807) is 30.3 Å². The van der Waals surface area contributed by atoms with E-state index in [1.807, 2.05) is 0 Å². The first-order chi connectivity index (χ1) is 16.3. The van der Waals surface area contributed by atoms with Crippen molar-refractivity contribution >= 4 is 29.4 Å². The smallest absolute Gasteiger partial charge is 0.333 e. The summed E-state index contributed by atoms with van der Waals surface area (Å²) < 4.78 is 36.1. The predicted molar refractivity (Wildman–Crippen MR) is 114 cm³/mol. The zero-order valence-corrected chi connectivity index (χ0v) is 17.5. The molecule has 0 aliphatic rings. The number of carbonyl (C=O) groups excluding carboxylic acids is 4. The number of rotatable bonds is 9. The van der Waals surface area contributed by atoms with Gasteiger partial charge >= 0.3 is 5.97 Å². The van der Waals surface area contributed by atoms with Crippen LogP contribution in [0.5, 0.6) is 0 Å². The lowest BCUT2D eigenvalue weighted by Gasteiger charge is -2.17. The van der Waals surface area contributed by atoms with Crippen LogP contribution < -0.4 is 16.0 Å². The Morgan fingerprint density at radius 3 is 2.35 bits per heavy atom. The van der Waals surface area contributed by atoms with E-state index >= 15 is 0 Å². The largest absolute Gasteiger partial charge is 0.459 e. The third-order valence-corrected chi connectivity index (χ3v) is 4.38. The maximum absolute atomic E-state index is 13.2. The maximum Gasteiger partial charge on any atom is 0.333 e. The molecule has 11 heteroatoms. The minimum Gasteiger partial charge on any atom is -0.459 e. The molecule has 2 aromatic carbocycles. The molecule has 0 saturated heterocycles. The van der Waals surface area contributed by atoms with E-state index in [1.165, 1.54) is 18.4 Å². The number of benzene rings is 2. The summed E-state index contributed by atoms with van der Waals surface area (Å²) in [7, 11) is 0. The first kappa shape index (κ1) is 24.1. The van der Waals surface area contributed by atoms with Crippen LogP contribution in [0.1, 0.15) is 22.2 Å². The van der Waals surface area contributed by atoms with Crippen molar-refractivity contribution in [1.29, 1.82) is 0 Å². The molecule has 0 fully saturated rings. The van der Waals surface area contributed by atoms with Gasteiger partial charge in [-0.2, -0.15) is 0 Å². The van der Waals surface area contributed by atoms with Crippen molar-refractivity contribution in [2.45, 2.75) is 6.04 Å². The second-order valence-electron chi connectivity index (χ2n) is 6.86. The molecule has 3 amide bonds. The predicted octanol–water partition coefficient (Wildman–Crippen LogP) is 2.33. The first-order valence-corrected chi connectivity index (χ1v) is 9.91. The number of nitrogens with one attached hydrogen (secondary N) is 3. The second-order valence-corrected chi connectivity index (χ2v) is 6.86. The third-order valence-electron chi connectivity index (χ3n) is 4.38. The van der Waals surface area contributed by atoms with Crippen LogP contribution in [0.4, 0.5) is 14.5 Å². The van der Waals surface area contributed by atoms with Crippen LogP contribution >= 0.6 is 0 Å². The lowest BCUT2D eigenvalue weighted by molar-refractivity contribution is -0.150. The van der Waals surface area contributed by atoms with Gasteiger partial charge in [-0.3, -0.25) is 14.4 Å². The fraction of sp³-hybridized carbons (Fsp3) is 0.130. The summed E-state index contributed by atoms with van der Waals surface area (Å²) in [6.07, 6.45) is 1.30. The molecule has 34 heavy (non-hydrogen) atoms. The van der Waals surface area contributed by atoms with E-state index in [0.29, 0.717) is 5.56 Å². The molecule has 176 valence electrons. The van der Waals surface area contributed by atoms with Crippen LogP contribution in [-0.2, 0) is 19.1 Å². The first-order valence-electron chi connectivity index (χ1n) is 9.91. The molecule has 0 saturated carbocycles. The highest BCUT2D eigenvalue weighted by molar-refractivity contribution is 5.96. The van der Waals surface area contributed by atoms with Crippen molar-refractivity contribution in [1.82, 2.24) is 10.6 Å². The molecule has 1 unspecified atom stereocenters. The molecule has 3 N–H and O–H groups in total. The molecule has 0 aliphatic carbocycles. The van der Waals surface area contributed by atoms with Crippen molar-refractivity contribution in [3.8, 4) is 0 Å². The molecular weight excluding hydrogens is 452 g/mol. The number of amides is 3. The standard InChI is InChI=1S/C23H19F2N3O6/c24-16-9-8-15(11-17(16)25)27-19(29)12-26-20(30)13-34-23(32)21(14-5-2-1-3-6-14)28-22(31)18-7-4-10-33-18/h1-11,21H,12-13H2,(H,26,30)(H,27,29)(H,28,31). The molecule has 9 nitrogen and oxygen atoms in total. The molecule has 3 aromatic rings. The number of ether oxygens (including phenoxy) is 1. The van der Waals surface area contributed by atoms with Gasteiger partial charge in [-0.1, -0.05) is 30.3 Å². The quantitative estimate of drug-likeness (QED) is 0.411. The zero-order valence-electron chi connectivity index (χ0n) is 17.5. The maximum atomic E-state index is 13.2. The Hall–Kier alpha value is -4.54. The van der Waals surface area contributed by atoms with Crippen molar-refractivity contribution in [2.75, 3.05) is 18.5 Å². The van der Waals surface area contributed by atoms with Crippen LogP contribution in [0, 0.1) is 11.6 Å². The Kier molecular flexibility index (Phi) is 8.06. The minimum atomic E-state index is -1.22. The Morgan fingerprint density at radius 2 is 1.68 bits per heavy atom. The highest BCUT2D eigenvalue weighted by Crippen LogP contribution is 2.16. The number of furan rings is 1. The van der Waals surface area contributed by atoms with Crippen LogP contribution in [-0.4, -0.2) is 36.8 Å². The molecule has 0 bridgehead atoms. The molecular formula is C23H19F2N3O6. The SMILES string of the molecule is O=C(COC(=O)C(NC(=O)c1ccco1)c1ccccc1)NCC(=O)Nc1ccc(F)c(F)c1. The van der Waals surface area contributed by atoms with Crippen molar-refractivity contribution in [3.63, 3.8) is 0 Å². The highest BCUT2D eigenvalue weighted by atomic mass is 19.2. The summed E-state index contributed by atoms with van der Waals surface area (Å²) in [6.45, 7) is -1.23. The topological polar surface area (TPSA) is 127 Å². The van der Waals surface area contributed by atoms with Crippen LogP contribution in [0.2, 0.25) is 0 Å². The summed E-state index contributed by atoms with van der Waals surface area (Å²) in [5.41, 5.74) is 0.418. The fourth-order valence-corrected chi connectivity index (χ4v) is 2.76. The number of hydrogen-bond acceptors (Lipinski definition) is 6. The summed E-state index contributed by atoms with van der Waals surface area (Å²) >= 11 is 0. The van der Waals surface area contributed by atoms with E-state index in [-0.39, 0.29) is 11.4 Å². The summed E-state index contributed by atoms with van der Waals surface area (Å²) in [6, 6.07) is 12.7. The van der Waals surface area contributed by atoms with Crippen LogP contribution in [0.25, 0.3) is 0 Å². The van der Waals surface area contributed by atoms with Crippen molar-refractivity contribution < 1.29 is 37.1 Å². The minimum absolute atomic E-state index is 0.00239. The molecule has 0 radical (unpaired) electrons. The van der Waals surface area contributed by atoms with Gasteiger partial charge in [-0.05, 0) is 29.8 Å². The Bertz CT molecular complexity index is 1170. The van der Waals surface area contributed by atoms with Gasteiger partial charge in [-0.25, -0.2) is 13.6 Å². The van der Waals surface area contributed by atoms with E-state index in [0.717, 1.165) is 18.2 Å². The fourth-order valence-electron chi connectivity index (χ4n) is 2.76. The molecule has 1 heterocycles. The number of carbonyl (C=O) groups is 4. The van der Waals surface area contributed by atoms with E-state index in [2.05, 4.69) is 16.0 Å². The van der Waals surface area contributed by atoms with Gasteiger partial charge in [0.05, 0.1) is 12.8 Å². The highest BCUT2D eigenvalue weighted by Gasteiger charge is 2.26. The van der Waals surface area contributed by atoms with Gasteiger partial charge in [0, 0.05) is 11.8 Å². The normalized spacial score (nSPS) is 11.2. The van der Waals surface area contributed by atoms with Gasteiger partial charge in [0.25, 0.3) is 11.8 Å². The molecule has 1 aromatic heterocycles. The van der Waals surface area contributed by atoms with E-state index in [4.69, 9.17) is 9.15 Å². The number of anilines is 1. The monoisotopic (exact) mass is 471 g/mol. The lowest BCUT2D eigenvalue weighted by Crippen LogP contribution is -2.38. The zero-order chi connectivity index (χ0) is 24.5. The molecule has 1 atom stereocenters. The lowest BCUT2D eigenvalue weighted by atomic mass is 10.1. The Morgan fingerprint density at radius 1 is 0.912 bits per heavy atom. The Balaban J connectivity index is 1.51. The number of esters is 1. The summed E-state index contributed by atoms with van der Waals surface area (Å²) in [4.78, 5) is 48.8. The average Bonchev–Trinajstić information content (AvgIpc) is 3.38. The summed E-state index contributed by atoms with van der Waals surface area (Å²) in [5, 5.41) is 6.99. The van der Waals surface area contributed by atoms with E-state index in [9.17, 15) is 28.0 Å². The van der Waals surface area contributed by atoms with E-state index < -0.39 is 54.5 Å². The summed E-state index contributed by atoms with van der Waals surface area (Å²) in [5.74, 6) is -5.29. The molecule has 0 spiro atoms. The number of halogens is 2. The molecule has 3 rings (SSSR count). The van der Waals surface area contributed by atoms with Crippen molar-refractivity contribution in [3.05, 3.63) is 89.9 Å². The van der Waals surface area contributed by atoms with Gasteiger partial charge in [0.15, 0.2) is 30.0 Å². The van der Waals surface area contributed by atoms with Gasteiger partial charge in [-0.15, -0.1) is 0 Å². The molecule has 0 aliphatic heterocycles. The Labute approximate surface area is 192 Å². The average molecular weight is 471 g/mol. The van der Waals surface area contributed by atoms with Gasteiger partial charge < -0.3 is 25.1 Å². The van der Waals surface area contributed by atoms with Gasteiger partial charge in [0.2, 0.25) is 5.91 Å². The van der Waals surface area contributed by atoms with Crippen LogP contribution in [0.15, 0.2) is 71.3 Å².